The second kappa shape index (κ2) is 5.44. The van der Waals surface area contributed by atoms with E-state index in [-0.39, 0.29) is 17.3 Å². The third kappa shape index (κ3) is 2.85. The van der Waals surface area contributed by atoms with Gasteiger partial charge in [0.15, 0.2) is 17.3 Å². The van der Waals surface area contributed by atoms with Crippen molar-refractivity contribution in [1.29, 1.82) is 0 Å². The average Bonchev–Trinajstić information content (AvgIpc) is 2.42. The molecule has 0 amide bonds. The number of carbonyl (C=O) groups excluding carboxylic acids is 1. The van der Waals surface area contributed by atoms with Crippen LogP contribution in [0.15, 0.2) is 42.5 Å². The van der Waals surface area contributed by atoms with Crippen molar-refractivity contribution in [3.8, 4) is 17.2 Å². The molecular weight excluding hydrogens is 244 g/mol. The normalized spacial score (nSPS) is 10.2. The van der Waals surface area contributed by atoms with Crippen LogP contribution in [0.4, 0.5) is 0 Å². The minimum absolute atomic E-state index is 0.224. The molecule has 0 saturated heterocycles. The molecule has 0 bridgehead atoms. The van der Waals surface area contributed by atoms with Gasteiger partial charge in [0.2, 0.25) is 0 Å². The second-order valence-electron chi connectivity index (χ2n) is 3.99. The molecular formula is C15H14O4. The van der Waals surface area contributed by atoms with Crippen LogP contribution in [-0.2, 0) is 0 Å². The standard InChI is InChI=1S/C15H14O4/c1-2-19-12-6-3-10(4-7-12)15(18)11-5-8-13(16)14(17)9-11/h3-9,16-17H,2H2,1H3. The van der Waals surface area contributed by atoms with Gasteiger partial charge in [-0.25, -0.2) is 0 Å². The number of rotatable bonds is 4. The monoisotopic (exact) mass is 258 g/mol. The number of hydrogen-bond acceptors (Lipinski definition) is 4. The topological polar surface area (TPSA) is 66.8 Å². The predicted octanol–water partition coefficient (Wildman–Crippen LogP) is 2.73. The highest BCUT2D eigenvalue weighted by Gasteiger charge is 2.11. The molecule has 2 aromatic rings. The van der Waals surface area contributed by atoms with Crippen molar-refractivity contribution in [3.63, 3.8) is 0 Å². The molecule has 0 aliphatic rings. The largest absolute Gasteiger partial charge is 0.504 e. The van der Waals surface area contributed by atoms with Gasteiger partial charge >= 0.3 is 0 Å². The summed E-state index contributed by atoms with van der Waals surface area (Å²) in [6.07, 6.45) is 0. The molecule has 0 fully saturated rings. The summed E-state index contributed by atoms with van der Waals surface area (Å²) in [6.45, 7) is 2.46. The van der Waals surface area contributed by atoms with Crippen LogP contribution in [0.1, 0.15) is 22.8 Å². The smallest absolute Gasteiger partial charge is 0.193 e. The molecule has 0 spiro atoms. The minimum atomic E-state index is -0.309. The van der Waals surface area contributed by atoms with Gasteiger partial charge in [0.05, 0.1) is 6.61 Å². The molecule has 0 heterocycles. The van der Waals surface area contributed by atoms with Gasteiger partial charge in [-0.05, 0) is 49.4 Å². The molecule has 0 unspecified atom stereocenters. The Balaban J connectivity index is 2.25. The lowest BCUT2D eigenvalue weighted by molar-refractivity contribution is 0.103. The number of ether oxygens (including phenoxy) is 1. The first kappa shape index (κ1) is 13.0. The maximum absolute atomic E-state index is 12.1. The molecule has 0 atom stereocenters. The molecule has 2 rings (SSSR count). The fourth-order valence-corrected chi connectivity index (χ4v) is 1.70. The third-order valence-electron chi connectivity index (χ3n) is 2.67. The molecule has 0 radical (unpaired) electrons. The van der Waals surface area contributed by atoms with Gasteiger partial charge in [0.25, 0.3) is 0 Å². The Labute approximate surface area is 110 Å². The summed E-state index contributed by atoms with van der Waals surface area (Å²) in [5.41, 5.74) is 0.813. The zero-order valence-electron chi connectivity index (χ0n) is 10.5. The lowest BCUT2D eigenvalue weighted by atomic mass is 10.0. The van der Waals surface area contributed by atoms with E-state index in [0.717, 1.165) is 0 Å². The van der Waals surface area contributed by atoms with Crippen LogP contribution in [0.5, 0.6) is 17.2 Å². The molecule has 19 heavy (non-hydrogen) atoms. The van der Waals surface area contributed by atoms with Crippen molar-refractivity contribution in [2.24, 2.45) is 0 Å². The molecule has 0 aliphatic carbocycles. The van der Waals surface area contributed by atoms with Gasteiger partial charge in [-0.1, -0.05) is 0 Å². The Hall–Kier alpha value is -2.49. The van der Waals surface area contributed by atoms with E-state index in [4.69, 9.17) is 4.74 Å². The predicted molar refractivity (Wildman–Crippen MR) is 70.8 cm³/mol. The van der Waals surface area contributed by atoms with Gasteiger partial charge in [0, 0.05) is 11.1 Å². The Bertz CT molecular complexity index is 588. The number of phenolic OH excluding ortho intramolecular Hbond substituents is 2. The summed E-state index contributed by atoms with van der Waals surface area (Å²) < 4.78 is 5.30. The van der Waals surface area contributed by atoms with Crippen LogP contribution >= 0.6 is 0 Å². The highest BCUT2D eigenvalue weighted by Crippen LogP contribution is 2.26. The zero-order valence-corrected chi connectivity index (χ0v) is 10.5. The Kier molecular flexibility index (Phi) is 3.71. The molecule has 2 N–H and O–H groups in total. The highest BCUT2D eigenvalue weighted by atomic mass is 16.5. The van der Waals surface area contributed by atoms with E-state index in [1.165, 1.54) is 18.2 Å². The van der Waals surface area contributed by atoms with Crippen LogP contribution in [0.3, 0.4) is 0 Å². The Morgan fingerprint density at radius 1 is 1.00 bits per heavy atom. The van der Waals surface area contributed by atoms with Gasteiger partial charge in [0.1, 0.15) is 5.75 Å². The van der Waals surface area contributed by atoms with Crippen LogP contribution in [0.2, 0.25) is 0 Å². The van der Waals surface area contributed by atoms with E-state index in [9.17, 15) is 15.0 Å². The number of benzene rings is 2. The van der Waals surface area contributed by atoms with Crippen LogP contribution in [-0.4, -0.2) is 22.6 Å². The number of carbonyl (C=O) groups is 1. The van der Waals surface area contributed by atoms with E-state index in [1.807, 2.05) is 6.92 Å². The van der Waals surface area contributed by atoms with E-state index >= 15 is 0 Å². The summed E-state index contributed by atoms with van der Waals surface area (Å²) in [6, 6.07) is 10.8. The van der Waals surface area contributed by atoms with E-state index < -0.39 is 0 Å². The maximum Gasteiger partial charge on any atom is 0.193 e. The van der Waals surface area contributed by atoms with Gasteiger partial charge in [-0.2, -0.15) is 0 Å². The first-order valence-corrected chi connectivity index (χ1v) is 5.91. The first-order valence-electron chi connectivity index (χ1n) is 5.91. The van der Waals surface area contributed by atoms with Gasteiger partial charge < -0.3 is 14.9 Å². The third-order valence-corrected chi connectivity index (χ3v) is 2.67. The molecule has 2 aromatic carbocycles. The fraction of sp³-hybridized carbons (Fsp3) is 0.133. The molecule has 0 saturated carbocycles. The maximum atomic E-state index is 12.1. The quantitative estimate of drug-likeness (QED) is 0.653. The van der Waals surface area contributed by atoms with E-state index in [0.29, 0.717) is 23.5 Å². The summed E-state index contributed by atoms with van der Waals surface area (Å²) in [5, 5.41) is 18.6. The van der Waals surface area contributed by atoms with Crippen molar-refractivity contribution >= 4 is 5.78 Å². The van der Waals surface area contributed by atoms with E-state index in [2.05, 4.69) is 0 Å². The van der Waals surface area contributed by atoms with Gasteiger partial charge in [-0.15, -0.1) is 0 Å². The Morgan fingerprint density at radius 2 is 1.63 bits per heavy atom. The van der Waals surface area contributed by atoms with Crippen molar-refractivity contribution < 1.29 is 19.7 Å². The summed E-state index contributed by atoms with van der Waals surface area (Å²) in [4.78, 5) is 12.1. The van der Waals surface area contributed by atoms with Crippen LogP contribution < -0.4 is 4.74 Å². The van der Waals surface area contributed by atoms with Gasteiger partial charge in [-0.3, -0.25) is 4.79 Å². The lowest BCUT2D eigenvalue weighted by Crippen LogP contribution is -2.01. The number of phenols is 2. The molecule has 4 heteroatoms. The van der Waals surface area contributed by atoms with E-state index in [1.54, 1.807) is 24.3 Å². The molecule has 0 aromatic heterocycles. The molecule has 98 valence electrons. The van der Waals surface area contributed by atoms with Crippen molar-refractivity contribution in [1.82, 2.24) is 0 Å². The number of ketones is 1. The summed E-state index contributed by atoms with van der Waals surface area (Å²) in [7, 11) is 0. The lowest BCUT2D eigenvalue weighted by Gasteiger charge is -2.05. The zero-order chi connectivity index (χ0) is 13.8. The van der Waals surface area contributed by atoms with Crippen molar-refractivity contribution in [2.75, 3.05) is 6.61 Å². The molecule has 0 aliphatic heterocycles. The summed E-state index contributed by atoms with van der Waals surface area (Å²) in [5.74, 6) is -0.0778. The van der Waals surface area contributed by atoms with Crippen LogP contribution in [0.25, 0.3) is 0 Å². The average molecular weight is 258 g/mol. The fourth-order valence-electron chi connectivity index (χ4n) is 1.70. The highest BCUT2D eigenvalue weighted by molar-refractivity contribution is 6.09. The molecule has 4 nitrogen and oxygen atoms in total. The number of aromatic hydroxyl groups is 2. The summed E-state index contributed by atoms with van der Waals surface area (Å²) >= 11 is 0. The van der Waals surface area contributed by atoms with Crippen molar-refractivity contribution in [2.45, 2.75) is 6.92 Å². The first-order chi connectivity index (χ1) is 9.11. The Morgan fingerprint density at radius 3 is 2.21 bits per heavy atom. The van der Waals surface area contributed by atoms with Crippen LogP contribution in [0, 0.1) is 0 Å². The second-order valence-corrected chi connectivity index (χ2v) is 3.99. The van der Waals surface area contributed by atoms with Crippen molar-refractivity contribution in [3.05, 3.63) is 53.6 Å². The number of hydrogen-bond donors (Lipinski definition) is 2. The minimum Gasteiger partial charge on any atom is -0.504 e. The SMILES string of the molecule is CCOc1ccc(C(=O)c2ccc(O)c(O)c2)cc1.